The van der Waals surface area contributed by atoms with Crippen molar-refractivity contribution in [3.8, 4) is 0 Å². The van der Waals surface area contributed by atoms with E-state index < -0.39 is 15.9 Å². The van der Waals surface area contributed by atoms with Gasteiger partial charge in [0.2, 0.25) is 5.91 Å². The monoisotopic (exact) mass is 506 g/mol. The summed E-state index contributed by atoms with van der Waals surface area (Å²) in [5, 5.41) is 3.23. The maximum absolute atomic E-state index is 13.4. The third kappa shape index (κ3) is 5.22. The second-order valence-electron chi connectivity index (χ2n) is 6.81. The van der Waals surface area contributed by atoms with Gasteiger partial charge in [-0.1, -0.05) is 51.3 Å². The SMILES string of the molecule is Cc1ccc(S(=O)(=O)N(CC(=O)Nc2cccc(Br)c2)c2ccc(Cl)cc2C)cc1. The molecule has 0 aliphatic rings. The van der Waals surface area contributed by atoms with Crippen LogP contribution in [0.15, 0.2) is 76.1 Å². The highest BCUT2D eigenvalue weighted by molar-refractivity contribution is 9.10. The first kappa shape index (κ1) is 22.3. The maximum Gasteiger partial charge on any atom is 0.264 e. The lowest BCUT2D eigenvalue weighted by molar-refractivity contribution is -0.114. The summed E-state index contributed by atoms with van der Waals surface area (Å²) in [6.07, 6.45) is 0. The maximum atomic E-state index is 13.4. The van der Waals surface area contributed by atoms with Gasteiger partial charge in [-0.3, -0.25) is 9.10 Å². The highest BCUT2D eigenvalue weighted by Gasteiger charge is 2.28. The molecule has 0 spiro atoms. The Morgan fingerprint density at radius 3 is 2.37 bits per heavy atom. The van der Waals surface area contributed by atoms with Crippen molar-refractivity contribution < 1.29 is 13.2 Å². The molecule has 3 aromatic rings. The Morgan fingerprint density at radius 2 is 1.73 bits per heavy atom. The molecule has 0 radical (unpaired) electrons. The van der Waals surface area contributed by atoms with E-state index in [1.165, 1.54) is 12.1 Å². The number of amides is 1. The van der Waals surface area contributed by atoms with Gasteiger partial charge >= 0.3 is 0 Å². The zero-order chi connectivity index (χ0) is 21.9. The first-order chi connectivity index (χ1) is 14.2. The predicted molar refractivity (Wildman–Crippen MR) is 125 cm³/mol. The number of halogens is 2. The number of hydrogen-bond acceptors (Lipinski definition) is 3. The fourth-order valence-electron chi connectivity index (χ4n) is 2.93. The van der Waals surface area contributed by atoms with Gasteiger partial charge in [-0.05, 0) is 67.9 Å². The summed E-state index contributed by atoms with van der Waals surface area (Å²) in [5.41, 5.74) is 2.54. The average Bonchev–Trinajstić information content (AvgIpc) is 2.67. The minimum Gasteiger partial charge on any atom is -0.324 e. The van der Waals surface area contributed by atoms with Gasteiger partial charge in [0.1, 0.15) is 6.54 Å². The molecule has 3 rings (SSSR count). The largest absolute Gasteiger partial charge is 0.324 e. The van der Waals surface area contributed by atoms with Crippen molar-refractivity contribution in [1.29, 1.82) is 0 Å². The third-order valence-electron chi connectivity index (χ3n) is 4.43. The Hall–Kier alpha value is -2.35. The lowest BCUT2D eigenvalue weighted by Crippen LogP contribution is -2.38. The van der Waals surface area contributed by atoms with Gasteiger partial charge in [0.05, 0.1) is 10.6 Å². The topological polar surface area (TPSA) is 66.5 Å². The van der Waals surface area contributed by atoms with Crippen LogP contribution in [-0.4, -0.2) is 20.9 Å². The van der Waals surface area contributed by atoms with Crippen molar-refractivity contribution in [3.63, 3.8) is 0 Å². The van der Waals surface area contributed by atoms with Crippen LogP contribution in [0, 0.1) is 13.8 Å². The molecule has 1 N–H and O–H groups in total. The van der Waals surface area contributed by atoms with E-state index in [0.717, 1.165) is 14.3 Å². The smallest absolute Gasteiger partial charge is 0.264 e. The number of carbonyl (C=O) groups excluding carboxylic acids is 1. The predicted octanol–water partition coefficient (Wildman–Crippen LogP) is 5.55. The van der Waals surface area contributed by atoms with E-state index in [4.69, 9.17) is 11.6 Å². The summed E-state index contributed by atoms with van der Waals surface area (Å²) in [6, 6.07) is 18.5. The second kappa shape index (κ2) is 9.20. The third-order valence-corrected chi connectivity index (χ3v) is 6.93. The van der Waals surface area contributed by atoms with Crippen LogP contribution < -0.4 is 9.62 Å². The standard InChI is InChI=1S/C22H20BrClN2O3S/c1-15-6-9-20(10-7-15)30(28,29)26(21-11-8-18(24)12-16(21)2)14-22(27)25-19-5-3-4-17(23)13-19/h3-13H,14H2,1-2H3,(H,25,27). The highest BCUT2D eigenvalue weighted by atomic mass is 79.9. The second-order valence-corrected chi connectivity index (χ2v) is 10.0. The normalized spacial score (nSPS) is 11.2. The summed E-state index contributed by atoms with van der Waals surface area (Å²) >= 11 is 9.40. The molecule has 5 nitrogen and oxygen atoms in total. The van der Waals surface area contributed by atoms with Crippen molar-refractivity contribution >= 4 is 54.8 Å². The van der Waals surface area contributed by atoms with E-state index in [2.05, 4.69) is 21.2 Å². The molecule has 0 aliphatic carbocycles. The number of carbonyl (C=O) groups is 1. The fraction of sp³-hybridized carbons (Fsp3) is 0.136. The van der Waals surface area contributed by atoms with Crippen molar-refractivity contribution in [3.05, 3.63) is 87.4 Å². The molecule has 0 aromatic heterocycles. The van der Waals surface area contributed by atoms with E-state index in [9.17, 15) is 13.2 Å². The Bertz CT molecular complexity index is 1180. The number of rotatable bonds is 6. The fourth-order valence-corrected chi connectivity index (χ4v) is 5.04. The molecule has 1 amide bonds. The van der Waals surface area contributed by atoms with Crippen LogP contribution in [-0.2, 0) is 14.8 Å². The number of hydrogen-bond donors (Lipinski definition) is 1. The quantitative estimate of drug-likeness (QED) is 0.475. The van der Waals surface area contributed by atoms with Crippen LogP contribution in [0.2, 0.25) is 5.02 Å². The molecule has 0 saturated heterocycles. The van der Waals surface area contributed by atoms with E-state index in [0.29, 0.717) is 22.0 Å². The Balaban J connectivity index is 1.99. The number of benzene rings is 3. The van der Waals surface area contributed by atoms with Crippen LogP contribution in [0.25, 0.3) is 0 Å². The lowest BCUT2D eigenvalue weighted by atomic mass is 10.2. The van der Waals surface area contributed by atoms with E-state index in [-0.39, 0.29) is 11.4 Å². The summed E-state index contributed by atoms with van der Waals surface area (Å²) in [5.74, 6) is -0.460. The number of nitrogens with zero attached hydrogens (tertiary/aromatic N) is 1. The van der Waals surface area contributed by atoms with Crippen molar-refractivity contribution in [2.45, 2.75) is 18.7 Å². The number of aryl methyl sites for hydroxylation is 2. The summed E-state index contributed by atoms with van der Waals surface area (Å²) in [6.45, 7) is 3.25. The highest BCUT2D eigenvalue weighted by Crippen LogP contribution is 2.29. The van der Waals surface area contributed by atoms with Crippen LogP contribution in [0.5, 0.6) is 0 Å². The minimum absolute atomic E-state index is 0.109. The Morgan fingerprint density at radius 1 is 1.03 bits per heavy atom. The molecule has 3 aromatic carbocycles. The van der Waals surface area contributed by atoms with Gasteiger partial charge in [-0.15, -0.1) is 0 Å². The van der Waals surface area contributed by atoms with Crippen molar-refractivity contribution in [1.82, 2.24) is 0 Å². The molecule has 8 heteroatoms. The van der Waals surface area contributed by atoms with E-state index >= 15 is 0 Å². The lowest BCUT2D eigenvalue weighted by Gasteiger charge is -2.26. The molecule has 0 heterocycles. The molecule has 0 fully saturated rings. The van der Waals surface area contributed by atoms with Gasteiger partial charge in [0.25, 0.3) is 10.0 Å². The number of nitrogens with one attached hydrogen (secondary N) is 1. The first-order valence-electron chi connectivity index (χ1n) is 9.08. The molecule has 0 saturated carbocycles. The summed E-state index contributed by atoms with van der Waals surface area (Å²) in [4.78, 5) is 12.9. The Labute approximate surface area is 189 Å². The van der Waals surface area contributed by atoms with Crippen LogP contribution in [0.4, 0.5) is 11.4 Å². The molecular weight excluding hydrogens is 488 g/mol. The van der Waals surface area contributed by atoms with Gasteiger partial charge in [-0.25, -0.2) is 8.42 Å². The minimum atomic E-state index is -3.98. The van der Waals surface area contributed by atoms with Crippen LogP contribution in [0.3, 0.4) is 0 Å². The molecule has 156 valence electrons. The summed E-state index contributed by atoms with van der Waals surface area (Å²) < 4.78 is 28.8. The van der Waals surface area contributed by atoms with Gasteiger partial charge in [0.15, 0.2) is 0 Å². The number of sulfonamides is 1. The summed E-state index contributed by atoms with van der Waals surface area (Å²) in [7, 11) is -3.98. The van der Waals surface area contributed by atoms with E-state index in [1.54, 1.807) is 55.5 Å². The molecule has 0 atom stereocenters. The number of anilines is 2. The van der Waals surface area contributed by atoms with Crippen molar-refractivity contribution in [2.75, 3.05) is 16.2 Å². The zero-order valence-corrected chi connectivity index (χ0v) is 19.6. The van der Waals surface area contributed by atoms with Gasteiger partial charge in [-0.2, -0.15) is 0 Å². The van der Waals surface area contributed by atoms with E-state index in [1.807, 2.05) is 13.0 Å². The van der Waals surface area contributed by atoms with Gasteiger partial charge < -0.3 is 5.32 Å². The van der Waals surface area contributed by atoms with Gasteiger partial charge in [0, 0.05) is 15.2 Å². The molecule has 0 bridgehead atoms. The first-order valence-corrected chi connectivity index (χ1v) is 11.7. The average molecular weight is 508 g/mol. The van der Waals surface area contributed by atoms with Crippen LogP contribution >= 0.6 is 27.5 Å². The zero-order valence-electron chi connectivity index (χ0n) is 16.4. The molecular formula is C22H20BrClN2O3S. The molecule has 0 aliphatic heterocycles. The van der Waals surface area contributed by atoms with Crippen molar-refractivity contribution in [2.24, 2.45) is 0 Å². The molecule has 0 unspecified atom stereocenters. The Kier molecular flexibility index (Phi) is 6.85. The van der Waals surface area contributed by atoms with Crippen LogP contribution in [0.1, 0.15) is 11.1 Å². The molecule has 30 heavy (non-hydrogen) atoms.